The molecule has 2 heterocycles. The van der Waals surface area contributed by atoms with Crippen LogP contribution in [0, 0.1) is 0 Å². The van der Waals surface area contributed by atoms with Crippen LogP contribution in [0.1, 0.15) is 32.7 Å². The molecule has 146 valence electrons. The van der Waals surface area contributed by atoms with Crippen molar-refractivity contribution in [3.05, 3.63) is 83.7 Å². The first-order valence-electron chi connectivity index (χ1n) is 9.46. The molecular weight excluding hydrogens is 366 g/mol. The molecule has 4 rings (SSSR count). The molecule has 0 saturated heterocycles. The van der Waals surface area contributed by atoms with Crippen LogP contribution >= 0.6 is 0 Å². The Hall–Kier alpha value is -3.67. The average molecular weight is 387 g/mol. The number of esters is 1. The summed E-state index contributed by atoms with van der Waals surface area (Å²) in [5, 5.41) is 2.84. The minimum Gasteiger partial charge on any atom is -0.465 e. The van der Waals surface area contributed by atoms with Gasteiger partial charge in [0.15, 0.2) is 0 Å². The lowest BCUT2D eigenvalue weighted by Gasteiger charge is -2.31. The third-order valence-electron chi connectivity index (χ3n) is 4.97. The molecular formula is C23H21N3O3. The quantitative estimate of drug-likeness (QED) is 0.679. The maximum atomic E-state index is 12.7. The van der Waals surface area contributed by atoms with Crippen LogP contribution in [-0.2, 0) is 11.2 Å². The topological polar surface area (TPSA) is 71.5 Å². The Kier molecular flexibility index (Phi) is 5.24. The van der Waals surface area contributed by atoms with Crippen LogP contribution in [0.4, 0.5) is 17.1 Å². The SMILES string of the molecule is COC(=O)c1ccc(NC(=O)c2cncc(N3CCCc4ccccc43)c2)cc1. The van der Waals surface area contributed by atoms with E-state index in [1.807, 2.05) is 12.1 Å². The smallest absolute Gasteiger partial charge is 0.337 e. The van der Waals surface area contributed by atoms with E-state index in [0.29, 0.717) is 16.8 Å². The van der Waals surface area contributed by atoms with E-state index in [1.165, 1.54) is 12.7 Å². The van der Waals surface area contributed by atoms with Crippen LogP contribution in [0.15, 0.2) is 67.0 Å². The summed E-state index contributed by atoms with van der Waals surface area (Å²) in [6, 6.07) is 16.7. The highest BCUT2D eigenvalue weighted by Crippen LogP contribution is 2.33. The number of aryl methyl sites for hydroxylation is 1. The number of pyridine rings is 1. The van der Waals surface area contributed by atoms with Crippen LogP contribution in [0.2, 0.25) is 0 Å². The molecule has 0 radical (unpaired) electrons. The lowest BCUT2D eigenvalue weighted by molar-refractivity contribution is 0.0600. The molecule has 0 fully saturated rings. The molecule has 1 aliphatic heterocycles. The summed E-state index contributed by atoms with van der Waals surface area (Å²) in [6.45, 7) is 0.888. The van der Waals surface area contributed by atoms with Crippen LogP contribution < -0.4 is 10.2 Å². The number of methoxy groups -OCH3 is 1. The maximum Gasteiger partial charge on any atom is 0.337 e. The number of fused-ring (bicyclic) bond motifs is 1. The van der Waals surface area contributed by atoms with E-state index in [-0.39, 0.29) is 5.91 Å². The Morgan fingerprint density at radius 1 is 1.03 bits per heavy atom. The standard InChI is InChI=1S/C23H21N3O3/c1-29-23(28)17-8-10-19(11-9-17)25-22(27)18-13-20(15-24-14-18)26-12-4-6-16-5-2-3-7-21(16)26/h2-3,5,7-11,13-15H,4,6,12H2,1H3,(H,25,27). The number of nitrogens with one attached hydrogen (secondary N) is 1. The largest absolute Gasteiger partial charge is 0.465 e. The molecule has 6 heteroatoms. The van der Waals surface area contributed by atoms with Gasteiger partial charge in [0, 0.05) is 24.1 Å². The number of amides is 1. The molecule has 2 aromatic carbocycles. The van der Waals surface area contributed by atoms with Crippen molar-refractivity contribution in [2.75, 3.05) is 23.9 Å². The molecule has 0 spiro atoms. The van der Waals surface area contributed by atoms with Crippen LogP contribution in [0.5, 0.6) is 0 Å². The van der Waals surface area contributed by atoms with Crippen molar-refractivity contribution in [1.82, 2.24) is 4.98 Å². The number of para-hydroxylation sites is 1. The third kappa shape index (κ3) is 3.96. The van der Waals surface area contributed by atoms with Crippen molar-refractivity contribution >= 4 is 28.9 Å². The minimum atomic E-state index is -0.415. The Bertz CT molecular complexity index is 1050. The molecule has 0 unspecified atom stereocenters. The van der Waals surface area contributed by atoms with Gasteiger partial charge in [-0.1, -0.05) is 18.2 Å². The predicted molar refractivity (Wildman–Crippen MR) is 112 cm³/mol. The lowest BCUT2D eigenvalue weighted by atomic mass is 10.0. The lowest BCUT2D eigenvalue weighted by Crippen LogP contribution is -2.25. The van der Waals surface area contributed by atoms with E-state index in [1.54, 1.807) is 36.7 Å². The number of hydrogen-bond acceptors (Lipinski definition) is 5. The molecule has 6 nitrogen and oxygen atoms in total. The Labute approximate surface area is 169 Å². The number of carbonyl (C=O) groups excluding carboxylic acids is 2. The number of rotatable bonds is 4. The first-order chi connectivity index (χ1) is 14.2. The second-order valence-electron chi connectivity index (χ2n) is 6.84. The maximum absolute atomic E-state index is 12.7. The number of ether oxygens (including phenoxy) is 1. The highest BCUT2D eigenvalue weighted by atomic mass is 16.5. The van der Waals surface area contributed by atoms with Crippen molar-refractivity contribution in [2.24, 2.45) is 0 Å². The van der Waals surface area contributed by atoms with E-state index in [9.17, 15) is 9.59 Å². The summed E-state index contributed by atoms with van der Waals surface area (Å²) in [5.41, 5.74) is 4.86. The number of anilines is 3. The fourth-order valence-electron chi connectivity index (χ4n) is 3.51. The van der Waals surface area contributed by atoms with E-state index in [4.69, 9.17) is 0 Å². The van der Waals surface area contributed by atoms with E-state index in [2.05, 4.69) is 38.1 Å². The van der Waals surface area contributed by atoms with Crippen LogP contribution in [0.3, 0.4) is 0 Å². The van der Waals surface area contributed by atoms with Crippen molar-refractivity contribution in [3.8, 4) is 0 Å². The van der Waals surface area contributed by atoms with E-state index < -0.39 is 5.97 Å². The zero-order chi connectivity index (χ0) is 20.2. The van der Waals surface area contributed by atoms with Crippen molar-refractivity contribution in [1.29, 1.82) is 0 Å². The highest BCUT2D eigenvalue weighted by Gasteiger charge is 2.19. The summed E-state index contributed by atoms with van der Waals surface area (Å²) in [4.78, 5) is 30.7. The normalized spacial score (nSPS) is 12.8. The Morgan fingerprint density at radius 2 is 1.83 bits per heavy atom. The molecule has 0 aliphatic carbocycles. The second kappa shape index (κ2) is 8.14. The molecule has 1 amide bonds. The summed E-state index contributed by atoms with van der Waals surface area (Å²) in [6.07, 6.45) is 5.45. The molecule has 0 atom stereocenters. The van der Waals surface area contributed by atoms with E-state index >= 15 is 0 Å². The first-order valence-corrected chi connectivity index (χ1v) is 9.46. The second-order valence-corrected chi connectivity index (χ2v) is 6.84. The Morgan fingerprint density at radius 3 is 2.62 bits per heavy atom. The van der Waals surface area contributed by atoms with Gasteiger partial charge in [0.05, 0.1) is 30.1 Å². The zero-order valence-electron chi connectivity index (χ0n) is 16.1. The molecule has 1 N–H and O–H groups in total. The first kappa shape index (κ1) is 18.7. The molecule has 1 aromatic heterocycles. The fraction of sp³-hybridized carbons (Fsp3) is 0.174. The van der Waals surface area contributed by atoms with Gasteiger partial charge in [0.1, 0.15) is 0 Å². The summed E-state index contributed by atoms with van der Waals surface area (Å²) >= 11 is 0. The van der Waals surface area contributed by atoms with Gasteiger partial charge in [-0.05, 0) is 54.8 Å². The van der Waals surface area contributed by atoms with Gasteiger partial charge < -0.3 is 15.0 Å². The number of hydrogen-bond donors (Lipinski definition) is 1. The molecule has 1 aliphatic rings. The zero-order valence-corrected chi connectivity index (χ0v) is 16.1. The highest BCUT2D eigenvalue weighted by molar-refractivity contribution is 6.05. The molecule has 29 heavy (non-hydrogen) atoms. The summed E-state index contributed by atoms with van der Waals surface area (Å²) in [7, 11) is 1.33. The molecule has 0 saturated carbocycles. The number of nitrogens with zero attached hydrogens (tertiary/aromatic N) is 2. The predicted octanol–water partition coefficient (Wildman–Crippen LogP) is 4.20. The van der Waals surface area contributed by atoms with Gasteiger partial charge in [0.2, 0.25) is 0 Å². The minimum absolute atomic E-state index is 0.254. The van der Waals surface area contributed by atoms with Crippen LogP contribution in [0.25, 0.3) is 0 Å². The van der Waals surface area contributed by atoms with Gasteiger partial charge in [-0.3, -0.25) is 9.78 Å². The Balaban J connectivity index is 1.53. The van der Waals surface area contributed by atoms with E-state index in [0.717, 1.165) is 30.8 Å². The van der Waals surface area contributed by atoms with Gasteiger partial charge in [0.25, 0.3) is 5.91 Å². The average Bonchev–Trinajstić information content (AvgIpc) is 2.78. The van der Waals surface area contributed by atoms with Gasteiger partial charge >= 0.3 is 5.97 Å². The fourth-order valence-corrected chi connectivity index (χ4v) is 3.51. The van der Waals surface area contributed by atoms with Gasteiger partial charge in [-0.2, -0.15) is 0 Å². The summed E-state index contributed by atoms with van der Waals surface area (Å²) in [5.74, 6) is -0.669. The van der Waals surface area contributed by atoms with Crippen molar-refractivity contribution in [3.63, 3.8) is 0 Å². The number of benzene rings is 2. The van der Waals surface area contributed by atoms with Gasteiger partial charge in [-0.25, -0.2) is 4.79 Å². The van der Waals surface area contributed by atoms with Crippen molar-refractivity contribution < 1.29 is 14.3 Å². The molecule has 3 aromatic rings. The molecule has 0 bridgehead atoms. The third-order valence-corrected chi connectivity index (χ3v) is 4.97. The van der Waals surface area contributed by atoms with Crippen LogP contribution in [-0.4, -0.2) is 30.5 Å². The monoisotopic (exact) mass is 387 g/mol. The summed E-state index contributed by atoms with van der Waals surface area (Å²) < 4.78 is 4.68. The number of carbonyl (C=O) groups is 2. The van der Waals surface area contributed by atoms with Crippen molar-refractivity contribution in [2.45, 2.75) is 12.8 Å². The number of aromatic nitrogens is 1. The van der Waals surface area contributed by atoms with Gasteiger partial charge in [-0.15, -0.1) is 0 Å².